The molecule has 0 unspecified atom stereocenters. The maximum Gasteiger partial charge on any atom is 0.262 e. The van der Waals surface area contributed by atoms with Crippen molar-refractivity contribution in [1.29, 1.82) is 0 Å². The van der Waals surface area contributed by atoms with Gasteiger partial charge in [0.05, 0.1) is 17.2 Å². The van der Waals surface area contributed by atoms with Gasteiger partial charge in [0, 0.05) is 10.7 Å². The average molecular weight is 327 g/mol. The van der Waals surface area contributed by atoms with Gasteiger partial charge in [-0.2, -0.15) is 0 Å². The third-order valence-electron chi connectivity index (χ3n) is 2.65. The van der Waals surface area contributed by atoms with Crippen molar-refractivity contribution in [2.24, 2.45) is 0 Å². The summed E-state index contributed by atoms with van der Waals surface area (Å²) in [5, 5.41) is 0.406. The number of sulfonamides is 1. The molecule has 2 rings (SSSR count). The SMILES string of the molecule is CCOc1ccc(Cl)cc1NS(=O)(=O)c1cccc(N)c1. The summed E-state index contributed by atoms with van der Waals surface area (Å²) in [6.45, 7) is 2.22. The molecule has 21 heavy (non-hydrogen) atoms. The lowest BCUT2D eigenvalue weighted by atomic mass is 10.3. The summed E-state index contributed by atoms with van der Waals surface area (Å²) in [5.74, 6) is 0.411. The third kappa shape index (κ3) is 3.80. The Morgan fingerprint density at radius 1 is 1.24 bits per heavy atom. The van der Waals surface area contributed by atoms with Crippen molar-refractivity contribution < 1.29 is 13.2 Å². The van der Waals surface area contributed by atoms with Crippen LogP contribution in [-0.2, 0) is 10.0 Å². The molecule has 0 heterocycles. The molecule has 112 valence electrons. The molecule has 3 N–H and O–H groups in total. The van der Waals surface area contributed by atoms with Crippen LogP contribution in [0.2, 0.25) is 5.02 Å². The molecule has 0 atom stereocenters. The van der Waals surface area contributed by atoms with Crippen molar-refractivity contribution in [1.82, 2.24) is 0 Å². The van der Waals surface area contributed by atoms with Crippen molar-refractivity contribution in [3.05, 3.63) is 47.5 Å². The minimum absolute atomic E-state index is 0.0740. The van der Waals surface area contributed by atoms with E-state index in [1.807, 2.05) is 6.92 Å². The van der Waals surface area contributed by atoms with Crippen LogP contribution in [0.15, 0.2) is 47.4 Å². The first-order valence-electron chi connectivity index (χ1n) is 6.23. The zero-order valence-electron chi connectivity index (χ0n) is 11.3. The van der Waals surface area contributed by atoms with Gasteiger partial charge in [0.1, 0.15) is 5.75 Å². The molecule has 2 aromatic rings. The molecule has 0 fully saturated rings. The van der Waals surface area contributed by atoms with Crippen LogP contribution < -0.4 is 15.2 Å². The first-order valence-corrected chi connectivity index (χ1v) is 8.09. The third-order valence-corrected chi connectivity index (χ3v) is 4.25. The molecule has 5 nitrogen and oxygen atoms in total. The van der Waals surface area contributed by atoms with Crippen LogP contribution in [0, 0.1) is 0 Å². The molecular formula is C14H15ClN2O3S. The van der Waals surface area contributed by atoms with E-state index in [0.717, 1.165) is 0 Å². The summed E-state index contributed by atoms with van der Waals surface area (Å²) in [5.41, 5.74) is 6.27. The molecule has 0 bridgehead atoms. The number of nitrogen functional groups attached to an aromatic ring is 1. The van der Waals surface area contributed by atoms with Crippen molar-refractivity contribution in [3.63, 3.8) is 0 Å². The second kappa shape index (κ2) is 6.24. The Hall–Kier alpha value is -1.92. The Kier molecular flexibility index (Phi) is 4.59. The number of benzene rings is 2. The fourth-order valence-corrected chi connectivity index (χ4v) is 3.04. The monoisotopic (exact) mass is 326 g/mol. The van der Waals surface area contributed by atoms with Crippen LogP contribution in [-0.4, -0.2) is 15.0 Å². The standard InChI is InChI=1S/C14H15ClN2O3S/c1-2-20-14-7-6-10(15)8-13(14)17-21(18,19)12-5-3-4-11(16)9-12/h3-9,17H,2,16H2,1H3. The normalized spacial score (nSPS) is 11.1. The van der Waals surface area contributed by atoms with Crippen molar-refractivity contribution in [2.75, 3.05) is 17.1 Å². The smallest absolute Gasteiger partial charge is 0.262 e. The molecule has 2 aromatic carbocycles. The van der Waals surface area contributed by atoms with E-state index in [1.54, 1.807) is 24.3 Å². The Balaban J connectivity index is 2.38. The van der Waals surface area contributed by atoms with Gasteiger partial charge < -0.3 is 10.5 Å². The molecule has 0 saturated heterocycles. The van der Waals surface area contributed by atoms with Crippen LogP contribution in [0.1, 0.15) is 6.92 Å². The molecule has 7 heteroatoms. The Bertz CT molecular complexity index is 748. The summed E-state index contributed by atoms with van der Waals surface area (Å²) >= 11 is 5.91. The van der Waals surface area contributed by atoms with Crippen molar-refractivity contribution in [3.8, 4) is 5.75 Å². The molecule has 0 saturated carbocycles. The number of ether oxygens (including phenoxy) is 1. The van der Waals surface area contributed by atoms with E-state index < -0.39 is 10.0 Å². The van der Waals surface area contributed by atoms with Crippen LogP contribution in [0.25, 0.3) is 0 Å². The molecule has 0 amide bonds. The van der Waals surface area contributed by atoms with E-state index in [1.165, 1.54) is 18.2 Å². The highest BCUT2D eigenvalue weighted by Crippen LogP contribution is 2.30. The zero-order chi connectivity index (χ0) is 15.5. The maximum absolute atomic E-state index is 12.4. The number of halogens is 1. The second-order valence-electron chi connectivity index (χ2n) is 4.25. The predicted octanol–water partition coefficient (Wildman–Crippen LogP) is 3.12. The molecular weight excluding hydrogens is 312 g/mol. The topological polar surface area (TPSA) is 81.4 Å². The molecule has 0 aliphatic heterocycles. The van der Waals surface area contributed by atoms with Crippen LogP contribution in [0.4, 0.5) is 11.4 Å². The van der Waals surface area contributed by atoms with Crippen LogP contribution in [0.3, 0.4) is 0 Å². The minimum Gasteiger partial charge on any atom is -0.492 e. The summed E-state index contributed by atoms with van der Waals surface area (Å²) in [7, 11) is -3.76. The lowest BCUT2D eigenvalue weighted by molar-refractivity contribution is 0.342. The first kappa shape index (κ1) is 15.5. The number of anilines is 2. The minimum atomic E-state index is -3.76. The fraction of sp³-hybridized carbons (Fsp3) is 0.143. The molecule has 0 aliphatic carbocycles. The van der Waals surface area contributed by atoms with Gasteiger partial charge >= 0.3 is 0 Å². The number of hydrogen-bond acceptors (Lipinski definition) is 4. The van der Waals surface area contributed by atoms with E-state index in [0.29, 0.717) is 23.1 Å². The van der Waals surface area contributed by atoms with Crippen molar-refractivity contribution >= 4 is 33.0 Å². The van der Waals surface area contributed by atoms with Crippen LogP contribution >= 0.6 is 11.6 Å². The fourth-order valence-electron chi connectivity index (χ4n) is 1.75. The lowest BCUT2D eigenvalue weighted by Gasteiger charge is -2.13. The van der Waals surface area contributed by atoms with Gasteiger partial charge in [-0.25, -0.2) is 8.42 Å². The largest absolute Gasteiger partial charge is 0.492 e. The van der Waals surface area contributed by atoms with E-state index in [-0.39, 0.29) is 10.6 Å². The molecule has 0 spiro atoms. The molecule has 0 radical (unpaired) electrons. The number of rotatable bonds is 5. The van der Waals surface area contributed by atoms with Crippen LogP contribution in [0.5, 0.6) is 5.75 Å². The highest BCUT2D eigenvalue weighted by atomic mass is 35.5. The summed E-state index contributed by atoms with van der Waals surface area (Å²) in [4.78, 5) is 0.0740. The zero-order valence-corrected chi connectivity index (χ0v) is 12.9. The summed E-state index contributed by atoms with van der Waals surface area (Å²) < 4.78 is 32.6. The van der Waals surface area contributed by atoms with E-state index in [4.69, 9.17) is 22.1 Å². The van der Waals surface area contributed by atoms with Gasteiger partial charge in [0.25, 0.3) is 10.0 Å². The Morgan fingerprint density at radius 3 is 2.67 bits per heavy atom. The van der Waals surface area contributed by atoms with E-state index >= 15 is 0 Å². The van der Waals surface area contributed by atoms with Crippen molar-refractivity contribution in [2.45, 2.75) is 11.8 Å². The van der Waals surface area contributed by atoms with Gasteiger partial charge in [-0.05, 0) is 43.3 Å². The summed E-state index contributed by atoms with van der Waals surface area (Å²) in [6, 6.07) is 10.8. The second-order valence-corrected chi connectivity index (χ2v) is 6.37. The quantitative estimate of drug-likeness (QED) is 0.827. The highest BCUT2D eigenvalue weighted by Gasteiger charge is 2.17. The van der Waals surface area contributed by atoms with Gasteiger partial charge in [-0.15, -0.1) is 0 Å². The van der Waals surface area contributed by atoms with Gasteiger partial charge in [-0.1, -0.05) is 17.7 Å². The van der Waals surface area contributed by atoms with Gasteiger partial charge in [0.15, 0.2) is 0 Å². The Morgan fingerprint density at radius 2 is 2.00 bits per heavy atom. The molecule has 0 aliphatic rings. The van der Waals surface area contributed by atoms with E-state index in [2.05, 4.69) is 4.72 Å². The number of nitrogens with two attached hydrogens (primary N) is 1. The maximum atomic E-state index is 12.4. The molecule has 0 aromatic heterocycles. The average Bonchev–Trinajstić information content (AvgIpc) is 2.42. The summed E-state index contributed by atoms with van der Waals surface area (Å²) in [6.07, 6.45) is 0. The number of nitrogens with one attached hydrogen (secondary N) is 1. The Labute approximate surface area is 128 Å². The van der Waals surface area contributed by atoms with Gasteiger partial charge in [0.2, 0.25) is 0 Å². The van der Waals surface area contributed by atoms with Gasteiger partial charge in [-0.3, -0.25) is 4.72 Å². The van der Waals surface area contributed by atoms with E-state index in [9.17, 15) is 8.42 Å². The first-order chi connectivity index (χ1) is 9.92. The lowest BCUT2D eigenvalue weighted by Crippen LogP contribution is -2.14. The predicted molar refractivity (Wildman–Crippen MR) is 84.3 cm³/mol. The highest BCUT2D eigenvalue weighted by molar-refractivity contribution is 7.92. The number of hydrogen-bond donors (Lipinski definition) is 2.